The summed E-state index contributed by atoms with van der Waals surface area (Å²) in [5.74, 6) is 0.0144. The van der Waals surface area contributed by atoms with Crippen molar-refractivity contribution >= 4 is 5.91 Å². The highest BCUT2D eigenvalue weighted by molar-refractivity contribution is 5.85. The van der Waals surface area contributed by atoms with Crippen LogP contribution in [-0.2, 0) is 10.3 Å². The average molecular weight is 365 g/mol. The summed E-state index contributed by atoms with van der Waals surface area (Å²) >= 11 is 0. The lowest BCUT2D eigenvalue weighted by Crippen LogP contribution is -2.55. The van der Waals surface area contributed by atoms with Crippen molar-refractivity contribution in [3.8, 4) is 5.69 Å². The number of aromatic nitrogens is 5. The average Bonchev–Trinajstić information content (AvgIpc) is 3.43. The SMILES string of the molecule is CC(NC(=O)C1(n2cccn2)CCNCC1)c1ccc(-n2cncn2)cc1. The highest BCUT2D eigenvalue weighted by Crippen LogP contribution is 2.28. The zero-order valence-electron chi connectivity index (χ0n) is 15.2. The minimum Gasteiger partial charge on any atom is -0.347 e. The molecule has 1 saturated heterocycles. The van der Waals surface area contributed by atoms with Crippen molar-refractivity contribution in [2.75, 3.05) is 13.1 Å². The van der Waals surface area contributed by atoms with E-state index in [0.717, 1.165) is 37.2 Å². The van der Waals surface area contributed by atoms with Gasteiger partial charge in [0.25, 0.3) is 0 Å². The van der Waals surface area contributed by atoms with E-state index in [1.165, 1.54) is 6.33 Å². The number of hydrogen-bond donors (Lipinski definition) is 2. The van der Waals surface area contributed by atoms with Gasteiger partial charge in [0.2, 0.25) is 5.91 Å². The van der Waals surface area contributed by atoms with Crippen molar-refractivity contribution in [1.29, 1.82) is 0 Å². The largest absolute Gasteiger partial charge is 0.347 e. The van der Waals surface area contributed by atoms with Gasteiger partial charge in [-0.1, -0.05) is 12.1 Å². The van der Waals surface area contributed by atoms with Crippen molar-refractivity contribution in [3.05, 3.63) is 60.9 Å². The lowest BCUT2D eigenvalue weighted by molar-refractivity contribution is -0.132. The molecule has 1 amide bonds. The predicted molar refractivity (Wildman–Crippen MR) is 100 cm³/mol. The summed E-state index contributed by atoms with van der Waals surface area (Å²) in [6.07, 6.45) is 8.21. The van der Waals surface area contributed by atoms with E-state index >= 15 is 0 Å². The normalized spacial score (nSPS) is 17.4. The Kier molecular flexibility index (Phi) is 4.72. The molecule has 4 rings (SSSR count). The molecule has 8 heteroatoms. The van der Waals surface area contributed by atoms with Crippen molar-refractivity contribution < 1.29 is 4.79 Å². The molecule has 3 aromatic rings. The Labute approximate surface area is 157 Å². The Morgan fingerprint density at radius 2 is 2.00 bits per heavy atom. The molecule has 1 aliphatic heterocycles. The lowest BCUT2D eigenvalue weighted by Gasteiger charge is -2.37. The van der Waals surface area contributed by atoms with Crippen LogP contribution < -0.4 is 10.6 Å². The third-order valence-corrected chi connectivity index (χ3v) is 5.22. The van der Waals surface area contributed by atoms with E-state index in [1.54, 1.807) is 17.2 Å². The molecule has 2 aromatic heterocycles. The van der Waals surface area contributed by atoms with Gasteiger partial charge in [-0.2, -0.15) is 10.2 Å². The second-order valence-corrected chi connectivity index (χ2v) is 6.86. The van der Waals surface area contributed by atoms with Gasteiger partial charge < -0.3 is 10.6 Å². The molecule has 1 aliphatic rings. The third kappa shape index (κ3) is 3.35. The van der Waals surface area contributed by atoms with Gasteiger partial charge >= 0.3 is 0 Å². The number of rotatable bonds is 5. The van der Waals surface area contributed by atoms with Crippen molar-refractivity contribution in [3.63, 3.8) is 0 Å². The number of carbonyl (C=O) groups is 1. The summed E-state index contributed by atoms with van der Waals surface area (Å²) in [5.41, 5.74) is 1.34. The van der Waals surface area contributed by atoms with Gasteiger partial charge in [-0.15, -0.1) is 0 Å². The summed E-state index contributed by atoms with van der Waals surface area (Å²) in [6, 6.07) is 9.71. The van der Waals surface area contributed by atoms with Crippen LogP contribution in [0.3, 0.4) is 0 Å². The molecule has 1 fully saturated rings. The molecule has 0 aliphatic carbocycles. The molecule has 27 heavy (non-hydrogen) atoms. The minimum absolute atomic E-state index is 0.0144. The van der Waals surface area contributed by atoms with E-state index < -0.39 is 5.54 Å². The van der Waals surface area contributed by atoms with Crippen LogP contribution >= 0.6 is 0 Å². The molecule has 1 atom stereocenters. The topological polar surface area (TPSA) is 89.7 Å². The van der Waals surface area contributed by atoms with Crippen LogP contribution in [0, 0.1) is 0 Å². The van der Waals surface area contributed by atoms with E-state index in [4.69, 9.17) is 0 Å². The van der Waals surface area contributed by atoms with Crippen LogP contribution in [-0.4, -0.2) is 43.5 Å². The van der Waals surface area contributed by atoms with Gasteiger partial charge in [0.15, 0.2) is 0 Å². The first-order valence-electron chi connectivity index (χ1n) is 9.16. The third-order valence-electron chi connectivity index (χ3n) is 5.22. The molecular weight excluding hydrogens is 342 g/mol. The van der Waals surface area contributed by atoms with E-state index in [9.17, 15) is 4.79 Å². The van der Waals surface area contributed by atoms with Gasteiger partial charge in [-0.05, 0) is 56.6 Å². The zero-order chi connectivity index (χ0) is 18.7. The van der Waals surface area contributed by atoms with Crippen molar-refractivity contribution in [2.45, 2.75) is 31.3 Å². The lowest BCUT2D eigenvalue weighted by atomic mass is 9.87. The van der Waals surface area contributed by atoms with Crippen LogP contribution in [0.4, 0.5) is 0 Å². The number of benzene rings is 1. The van der Waals surface area contributed by atoms with Crippen LogP contribution in [0.1, 0.15) is 31.4 Å². The molecule has 8 nitrogen and oxygen atoms in total. The number of piperidine rings is 1. The monoisotopic (exact) mass is 365 g/mol. The first kappa shape index (κ1) is 17.4. The Morgan fingerprint density at radius 1 is 1.22 bits per heavy atom. The Balaban J connectivity index is 1.51. The summed E-state index contributed by atoms with van der Waals surface area (Å²) in [5, 5.41) is 15.0. The maximum atomic E-state index is 13.2. The molecular formula is C19H23N7O. The molecule has 3 heterocycles. The van der Waals surface area contributed by atoms with Crippen LogP contribution in [0.15, 0.2) is 55.4 Å². The summed E-state index contributed by atoms with van der Waals surface area (Å²) < 4.78 is 3.51. The molecule has 1 aromatic carbocycles. The van der Waals surface area contributed by atoms with Gasteiger partial charge in [0.05, 0.1) is 11.7 Å². The first-order valence-corrected chi connectivity index (χ1v) is 9.16. The summed E-state index contributed by atoms with van der Waals surface area (Å²) in [4.78, 5) is 17.2. The maximum absolute atomic E-state index is 13.2. The standard InChI is InChI=1S/C19H23N7O/c1-15(16-3-5-17(6-4-16)25-14-21-13-23-25)24-18(27)19(7-10-20-11-8-19)26-12-2-9-22-26/h2-6,9,12-15,20H,7-8,10-11H2,1H3,(H,24,27). The van der Waals surface area contributed by atoms with Gasteiger partial charge in [-0.3, -0.25) is 9.48 Å². The molecule has 1 unspecified atom stereocenters. The second kappa shape index (κ2) is 7.32. The minimum atomic E-state index is -0.635. The number of nitrogens with one attached hydrogen (secondary N) is 2. The van der Waals surface area contributed by atoms with E-state index in [0.29, 0.717) is 0 Å². The van der Waals surface area contributed by atoms with Gasteiger partial charge in [-0.25, -0.2) is 9.67 Å². The van der Waals surface area contributed by atoms with Crippen LogP contribution in [0.25, 0.3) is 5.69 Å². The molecule has 140 valence electrons. The predicted octanol–water partition coefficient (Wildman–Crippen LogP) is 1.42. The van der Waals surface area contributed by atoms with Gasteiger partial charge in [0.1, 0.15) is 18.2 Å². The number of amides is 1. The smallest absolute Gasteiger partial charge is 0.248 e. The van der Waals surface area contributed by atoms with Crippen LogP contribution in [0.5, 0.6) is 0 Å². The van der Waals surface area contributed by atoms with Crippen LogP contribution in [0.2, 0.25) is 0 Å². The van der Waals surface area contributed by atoms with E-state index in [2.05, 4.69) is 25.8 Å². The number of carbonyl (C=O) groups excluding carboxylic acids is 1. The fourth-order valence-corrected chi connectivity index (χ4v) is 3.59. The molecule has 0 bridgehead atoms. The Morgan fingerprint density at radius 3 is 2.63 bits per heavy atom. The van der Waals surface area contributed by atoms with E-state index in [-0.39, 0.29) is 11.9 Å². The maximum Gasteiger partial charge on any atom is 0.248 e. The molecule has 0 radical (unpaired) electrons. The van der Waals surface area contributed by atoms with Crippen molar-refractivity contribution in [2.24, 2.45) is 0 Å². The second-order valence-electron chi connectivity index (χ2n) is 6.86. The number of hydrogen-bond acceptors (Lipinski definition) is 5. The Bertz CT molecular complexity index is 865. The molecule has 0 saturated carbocycles. The fourth-order valence-electron chi connectivity index (χ4n) is 3.59. The molecule has 2 N–H and O–H groups in total. The highest BCUT2D eigenvalue weighted by atomic mass is 16.2. The molecule has 0 spiro atoms. The van der Waals surface area contributed by atoms with Gasteiger partial charge in [0, 0.05) is 12.4 Å². The van der Waals surface area contributed by atoms with E-state index in [1.807, 2.05) is 48.1 Å². The highest BCUT2D eigenvalue weighted by Gasteiger charge is 2.42. The quantitative estimate of drug-likeness (QED) is 0.714. The first-order chi connectivity index (χ1) is 13.2. The summed E-state index contributed by atoms with van der Waals surface area (Å²) in [7, 11) is 0. The number of nitrogens with zero attached hydrogens (tertiary/aromatic N) is 5. The van der Waals surface area contributed by atoms with Crippen molar-refractivity contribution in [1.82, 2.24) is 35.2 Å². The Hall–Kier alpha value is -3.00. The zero-order valence-corrected chi connectivity index (χ0v) is 15.2. The summed E-state index contributed by atoms with van der Waals surface area (Å²) in [6.45, 7) is 3.60. The fraction of sp³-hybridized carbons (Fsp3) is 0.368.